The topological polar surface area (TPSA) is 50.9 Å². The standard InChI is InChI=1S/C10H13N3S2/c11-13-8(4-9-2-1-3-14-9)5-10-6-12-7-15-10/h1-3,6-8,13H,4-5,11H2. The van der Waals surface area contributed by atoms with Gasteiger partial charge in [-0.05, 0) is 17.9 Å². The number of nitrogens with one attached hydrogen (secondary N) is 1. The fraction of sp³-hybridized carbons (Fsp3) is 0.300. The summed E-state index contributed by atoms with van der Waals surface area (Å²) in [4.78, 5) is 6.70. The van der Waals surface area contributed by atoms with E-state index >= 15 is 0 Å². The van der Waals surface area contributed by atoms with Gasteiger partial charge in [0.25, 0.3) is 0 Å². The second-order valence-corrected chi connectivity index (χ2v) is 5.32. The summed E-state index contributed by atoms with van der Waals surface area (Å²) in [5.74, 6) is 5.54. The molecule has 2 aromatic rings. The van der Waals surface area contributed by atoms with Crippen LogP contribution in [0.25, 0.3) is 0 Å². The molecule has 0 bridgehead atoms. The van der Waals surface area contributed by atoms with Crippen molar-refractivity contribution in [1.82, 2.24) is 10.4 Å². The average molecular weight is 239 g/mol. The lowest BCUT2D eigenvalue weighted by molar-refractivity contribution is 0.528. The van der Waals surface area contributed by atoms with Crippen LogP contribution in [0, 0.1) is 0 Å². The lowest BCUT2D eigenvalue weighted by Crippen LogP contribution is -2.38. The van der Waals surface area contributed by atoms with Crippen molar-refractivity contribution >= 4 is 22.7 Å². The fourth-order valence-corrected chi connectivity index (χ4v) is 2.91. The van der Waals surface area contributed by atoms with Gasteiger partial charge in [-0.25, -0.2) is 0 Å². The van der Waals surface area contributed by atoms with E-state index in [1.807, 2.05) is 11.7 Å². The van der Waals surface area contributed by atoms with E-state index in [0.717, 1.165) is 12.8 Å². The first-order chi connectivity index (χ1) is 7.38. The first-order valence-electron chi connectivity index (χ1n) is 4.74. The van der Waals surface area contributed by atoms with Gasteiger partial charge >= 0.3 is 0 Å². The monoisotopic (exact) mass is 239 g/mol. The molecular formula is C10H13N3S2. The molecule has 0 saturated heterocycles. The van der Waals surface area contributed by atoms with Crippen molar-refractivity contribution in [2.75, 3.05) is 0 Å². The number of hydrazine groups is 1. The van der Waals surface area contributed by atoms with E-state index in [2.05, 4.69) is 27.9 Å². The molecule has 1 unspecified atom stereocenters. The van der Waals surface area contributed by atoms with Gasteiger partial charge in [-0.15, -0.1) is 22.7 Å². The van der Waals surface area contributed by atoms with E-state index in [-0.39, 0.29) is 0 Å². The maximum absolute atomic E-state index is 5.54. The van der Waals surface area contributed by atoms with Gasteiger partial charge in [-0.1, -0.05) is 6.07 Å². The molecule has 0 amide bonds. The van der Waals surface area contributed by atoms with Crippen LogP contribution in [0.5, 0.6) is 0 Å². The highest BCUT2D eigenvalue weighted by atomic mass is 32.1. The summed E-state index contributed by atoms with van der Waals surface area (Å²) in [6, 6.07) is 4.51. The summed E-state index contributed by atoms with van der Waals surface area (Å²) in [7, 11) is 0. The van der Waals surface area contributed by atoms with Crippen molar-refractivity contribution in [3.05, 3.63) is 39.0 Å². The summed E-state index contributed by atoms with van der Waals surface area (Å²) < 4.78 is 0. The molecule has 0 saturated carbocycles. The second-order valence-electron chi connectivity index (χ2n) is 3.32. The molecule has 2 rings (SSSR count). The largest absolute Gasteiger partial charge is 0.271 e. The van der Waals surface area contributed by atoms with Gasteiger partial charge in [-0.2, -0.15) is 0 Å². The minimum atomic E-state index is 0.295. The van der Waals surface area contributed by atoms with E-state index in [1.165, 1.54) is 9.75 Å². The Labute approximate surface area is 96.9 Å². The fourth-order valence-electron chi connectivity index (χ4n) is 1.45. The molecule has 2 aromatic heterocycles. The molecule has 3 nitrogen and oxygen atoms in total. The Hall–Kier alpha value is -0.750. The maximum atomic E-state index is 5.54. The van der Waals surface area contributed by atoms with Gasteiger partial charge in [-0.3, -0.25) is 16.3 Å². The third kappa shape index (κ3) is 3.10. The van der Waals surface area contributed by atoms with E-state index in [1.54, 1.807) is 22.7 Å². The van der Waals surface area contributed by atoms with Crippen molar-refractivity contribution in [1.29, 1.82) is 0 Å². The average Bonchev–Trinajstić information content (AvgIpc) is 2.89. The van der Waals surface area contributed by atoms with Crippen LogP contribution in [0.2, 0.25) is 0 Å². The number of nitrogens with zero attached hydrogens (tertiary/aromatic N) is 1. The Morgan fingerprint density at radius 3 is 2.80 bits per heavy atom. The number of thiophene rings is 1. The zero-order valence-corrected chi connectivity index (χ0v) is 9.85. The zero-order chi connectivity index (χ0) is 10.5. The molecule has 0 fully saturated rings. The van der Waals surface area contributed by atoms with Crippen molar-refractivity contribution in [3.63, 3.8) is 0 Å². The second kappa shape index (κ2) is 5.37. The highest BCUT2D eigenvalue weighted by Crippen LogP contribution is 2.15. The van der Waals surface area contributed by atoms with E-state index < -0.39 is 0 Å². The molecule has 1 atom stereocenters. The molecule has 3 N–H and O–H groups in total. The van der Waals surface area contributed by atoms with Crippen LogP contribution in [-0.2, 0) is 12.8 Å². The third-order valence-corrected chi connectivity index (χ3v) is 3.90. The van der Waals surface area contributed by atoms with E-state index in [4.69, 9.17) is 5.84 Å². The van der Waals surface area contributed by atoms with Crippen LogP contribution in [0.4, 0.5) is 0 Å². The Bertz CT molecular complexity index is 333. The molecule has 5 heteroatoms. The molecular weight excluding hydrogens is 226 g/mol. The van der Waals surface area contributed by atoms with Gasteiger partial charge in [0.15, 0.2) is 0 Å². The number of thiazole rings is 1. The Kier molecular flexibility index (Phi) is 3.85. The summed E-state index contributed by atoms with van der Waals surface area (Å²) >= 11 is 3.45. The summed E-state index contributed by atoms with van der Waals surface area (Å²) in [5.41, 5.74) is 4.72. The zero-order valence-electron chi connectivity index (χ0n) is 8.22. The van der Waals surface area contributed by atoms with E-state index in [9.17, 15) is 0 Å². The van der Waals surface area contributed by atoms with Crippen LogP contribution < -0.4 is 11.3 Å². The number of aromatic nitrogens is 1. The summed E-state index contributed by atoms with van der Waals surface area (Å²) in [6.45, 7) is 0. The van der Waals surface area contributed by atoms with Gasteiger partial charge in [0.05, 0.1) is 5.51 Å². The van der Waals surface area contributed by atoms with Gasteiger partial charge in [0, 0.05) is 28.4 Å². The van der Waals surface area contributed by atoms with Gasteiger partial charge in [0.1, 0.15) is 0 Å². The van der Waals surface area contributed by atoms with Crippen LogP contribution in [0.15, 0.2) is 29.2 Å². The first-order valence-corrected chi connectivity index (χ1v) is 6.50. The van der Waals surface area contributed by atoms with Gasteiger partial charge < -0.3 is 0 Å². The first kappa shape index (κ1) is 10.8. The molecule has 15 heavy (non-hydrogen) atoms. The van der Waals surface area contributed by atoms with Gasteiger partial charge in [0.2, 0.25) is 0 Å². The number of nitrogens with two attached hydrogens (primary N) is 1. The smallest absolute Gasteiger partial charge is 0.0794 e. The van der Waals surface area contributed by atoms with E-state index in [0.29, 0.717) is 6.04 Å². The van der Waals surface area contributed by atoms with Crippen LogP contribution >= 0.6 is 22.7 Å². The quantitative estimate of drug-likeness (QED) is 0.618. The highest BCUT2D eigenvalue weighted by molar-refractivity contribution is 7.10. The predicted molar refractivity (Wildman–Crippen MR) is 65.0 cm³/mol. The van der Waals surface area contributed by atoms with Crippen molar-refractivity contribution in [3.8, 4) is 0 Å². The SMILES string of the molecule is NNC(Cc1cccs1)Cc1cncs1. The molecule has 2 heterocycles. The Morgan fingerprint density at radius 2 is 2.20 bits per heavy atom. The molecule has 0 aliphatic heterocycles. The van der Waals surface area contributed by atoms with Crippen molar-refractivity contribution in [2.45, 2.75) is 18.9 Å². The number of hydrogen-bond acceptors (Lipinski definition) is 5. The molecule has 0 aliphatic carbocycles. The Morgan fingerprint density at radius 1 is 1.33 bits per heavy atom. The molecule has 0 aliphatic rings. The van der Waals surface area contributed by atoms with Crippen molar-refractivity contribution < 1.29 is 0 Å². The van der Waals surface area contributed by atoms with Crippen LogP contribution in [0.1, 0.15) is 9.75 Å². The predicted octanol–water partition coefficient (Wildman–Crippen LogP) is 1.82. The molecule has 0 radical (unpaired) electrons. The number of hydrogen-bond donors (Lipinski definition) is 2. The number of rotatable bonds is 5. The highest BCUT2D eigenvalue weighted by Gasteiger charge is 2.10. The summed E-state index contributed by atoms with van der Waals surface area (Å²) in [5, 5.41) is 2.09. The lowest BCUT2D eigenvalue weighted by Gasteiger charge is -2.13. The van der Waals surface area contributed by atoms with Crippen LogP contribution in [-0.4, -0.2) is 11.0 Å². The molecule has 0 aromatic carbocycles. The normalized spacial score (nSPS) is 12.9. The lowest BCUT2D eigenvalue weighted by atomic mass is 10.1. The molecule has 80 valence electrons. The minimum Gasteiger partial charge on any atom is -0.271 e. The van der Waals surface area contributed by atoms with Crippen molar-refractivity contribution in [2.24, 2.45) is 5.84 Å². The molecule has 0 spiro atoms. The third-order valence-electron chi connectivity index (χ3n) is 2.19. The van der Waals surface area contributed by atoms with Crippen LogP contribution in [0.3, 0.4) is 0 Å². The summed E-state index contributed by atoms with van der Waals surface area (Å²) in [6.07, 6.45) is 3.83. The minimum absolute atomic E-state index is 0.295. The maximum Gasteiger partial charge on any atom is 0.0794 e. The Balaban J connectivity index is 1.93.